The van der Waals surface area contributed by atoms with Gasteiger partial charge in [-0.1, -0.05) is 12.1 Å². The van der Waals surface area contributed by atoms with Gasteiger partial charge in [0.05, 0.1) is 14.2 Å². The van der Waals surface area contributed by atoms with Gasteiger partial charge in [-0.3, -0.25) is 0 Å². The molecule has 88 valence electrons. The number of rotatable bonds is 3. The Bertz CT molecular complexity index is 523. The van der Waals surface area contributed by atoms with Crippen LogP contribution in [0.25, 0.3) is 11.1 Å². The first-order valence-corrected chi connectivity index (χ1v) is 5.70. The van der Waals surface area contributed by atoms with Crippen molar-refractivity contribution < 1.29 is 9.47 Å². The molecule has 0 saturated carbocycles. The minimum absolute atomic E-state index is 0.811. The Kier molecular flexibility index (Phi) is 3.59. The summed E-state index contributed by atoms with van der Waals surface area (Å²) < 4.78 is 10.6. The topological polar surface area (TPSA) is 18.5 Å². The zero-order valence-electron chi connectivity index (χ0n) is 9.81. The van der Waals surface area contributed by atoms with Crippen LogP contribution in [-0.2, 0) is 0 Å². The third-order valence-electron chi connectivity index (χ3n) is 2.57. The molecule has 3 heteroatoms. The lowest BCUT2D eigenvalue weighted by Gasteiger charge is -2.10. The molecule has 0 heterocycles. The molecule has 0 saturated heterocycles. The Labute approximate surface area is 107 Å². The highest BCUT2D eigenvalue weighted by atomic mass is 32.1. The van der Waals surface area contributed by atoms with Crippen molar-refractivity contribution in [1.29, 1.82) is 0 Å². The second-order valence-electron chi connectivity index (χ2n) is 3.62. The van der Waals surface area contributed by atoms with E-state index in [9.17, 15) is 0 Å². The van der Waals surface area contributed by atoms with E-state index in [4.69, 9.17) is 9.47 Å². The quantitative estimate of drug-likeness (QED) is 0.833. The summed E-state index contributed by atoms with van der Waals surface area (Å²) in [5, 5.41) is 0. The van der Waals surface area contributed by atoms with Crippen LogP contribution >= 0.6 is 12.6 Å². The molecule has 0 fully saturated rings. The summed E-state index contributed by atoms with van der Waals surface area (Å²) in [6.45, 7) is 0. The molecule has 0 aromatic heterocycles. The first-order valence-electron chi connectivity index (χ1n) is 5.26. The zero-order chi connectivity index (χ0) is 12.3. The molecule has 0 bridgehead atoms. The molecular weight excluding hydrogens is 232 g/mol. The van der Waals surface area contributed by atoms with E-state index in [2.05, 4.69) is 12.6 Å². The van der Waals surface area contributed by atoms with Crippen LogP contribution in [0.2, 0.25) is 0 Å². The zero-order valence-corrected chi connectivity index (χ0v) is 10.7. The van der Waals surface area contributed by atoms with Crippen LogP contribution in [0.4, 0.5) is 0 Å². The van der Waals surface area contributed by atoms with Gasteiger partial charge in [-0.25, -0.2) is 0 Å². The highest BCUT2D eigenvalue weighted by Gasteiger charge is 2.06. The van der Waals surface area contributed by atoms with Crippen molar-refractivity contribution in [1.82, 2.24) is 0 Å². The van der Waals surface area contributed by atoms with E-state index in [1.807, 2.05) is 42.5 Å². The van der Waals surface area contributed by atoms with Gasteiger partial charge in [0.15, 0.2) is 0 Å². The van der Waals surface area contributed by atoms with Crippen molar-refractivity contribution in [2.24, 2.45) is 0 Å². The molecule has 0 aliphatic rings. The molecule has 2 nitrogen and oxygen atoms in total. The molecule has 2 aromatic carbocycles. The summed E-state index contributed by atoms with van der Waals surface area (Å²) >= 11 is 4.30. The van der Waals surface area contributed by atoms with Gasteiger partial charge in [-0.2, -0.15) is 0 Å². The van der Waals surface area contributed by atoms with E-state index in [1.165, 1.54) is 0 Å². The van der Waals surface area contributed by atoms with Crippen LogP contribution in [0.1, 0.15) is 0 Å². The van der Waals surface area contributed by atoms with Gasteiger partial charge in [0.25, 0.3) is 0 Å². The number of methoxy groups -OCH3 is 2. The lowest BCUT2D eigenvalue weighted by atomic mass is 10.0. The van der Waals surface area contributed by atoms with Crippen LogP contribution in [-0.4, -0.2) is 14.2 Å². The maximum absolute atomic E-state index is 5.36. The molecule has 17 heavy (non-hydrogen) atoms. The second-order valence-corrected chi connectivity index (χ2v) is 4.13. The minimum Gasteiger partial charge on any atom is -0.497 e. The molecule has 2 rings (SSSR count). The van der Waals surface area contributed by atoms with Crippen LogP contribution in [0.5, 0.6) is 11.5 Å². The molecule has 0 radical (unpaired) electrons. The largest absolute Gasteiger partial charge is 0.497 e. The smallest absolute Gasteiger partial charge is 0.127 e. The number of benzene rings is 2. The Balaban J connectivity index is 2.51. The fraction of sp³-hybridized carbons (Fsp3) is 0.143. The fourth-order valence-corrected chi connectivity index (χ4v) is 1.90. The van der Waals surface area contributed by atoms with Gasteiger partial charge in [-0.05, 0) is 35.9 Å². The Hall–Kier alpha value is -1.61. The van der Waals surface area contributed by atoms with E-state index >= 15 is 0 Å². The molecule has 0 aliphatic carbocycles. The minimum atomic E-state index is 0.811. The molecule has 0 unspecified atom stereocenters. The van der Waals surface area contributed by atoms with Gasteiger partial charge in [-0.15, -0.1) is 12.6 Å². The van der Waals surface area contributed by atoms with Crippen molar-refractivity contribution in [3.63, 3.8) is 0 Å². The van der Waals surface area contributed by atoms with Gasteiger partial charge in [0, 0.05) is 10.5 Å². The van der Waals surface area contributed by atoms with E-state index in [0.717, 1.165) is 27.5 Å². The van der Waals surface area contributed by atoms with E-state index in [-0.39, 0.29) is 0 Å². The lowest BCUT2D eigenvalue weighted by molar-refractivity contribution is 0.413. The van der Waals surface area contributed by atoms with Gasteiger partial charge < -0.3 is 9.47 Å². The first-order chi connectivity index (χ1) is 8.24. The standard InChI is InChI=1S/C14H14O2S/c1-15-11-5-3-4-10(8-11)13-7-6-12(17)9-14(13)16-2/h3-9,17H,1-2H3. The summed E-state index contributed by atoms with van der Waals surface area (Å²) in [5.74, 6) is 1.64. The van der Waals surface area contributed by atoms with Crippen molar-refractivity contribution in [3.8, 4) is 22.6 Å². The fourth-order valence-electron chi connectivity index (χ4n) is 1.71. The van der Waals surface area contributed by atoms with Crippen LogP contribution in [0.3, 0.4) is 0 Å². The molecule has 0 N–H and O–H groups in total. The molecule has 0 aliphatic heterocycles. The summed E-state index contributed by atoms with van der Waals surface area (Å²) in [7, 11) is 3.32. The molecular formula is C14H14O2S. The first kappa shape index (κ1) is 11.9. The normalized spacial score (nSPS) is 10.1. The monoisotopic (exact) mass is 246 g/mol. The predicted octanol–water partition coefficient (Wildman–Crippen LogP) is 3.66. The Morgan fingerprint density at radius 2 is 1.76 bits per heavy atom. The maximum atomic E-state index is 5.36. The molecule has 2 aromatic rings. The van der Waals surface area contributed by atoms with Crippen LogP contribution in [0.15, 0.2) is 47.4 Å². The lowest BCUT2D eigenvalue weighted by Crippen LogP contribution is -1.89. The highest BCUT2D eigenvalue weighted by Crippen LogP contribution is 2.33. The van der Waals surface area contributed by atoms with Crippen molar-refractivity contribution in [2.75, 3.05) is 14.2 Å². The van der Waals surface area contributed by atoms with Crippen molar-refractivity contribution >= 4 is 12.6 Å². The van der Waals surface area contributed by atoms with Gasteiger partial charge in [0.1, 0.15) is 11.5 Å². The maximum Gasteiger partial charge on any atom is 0.127 e. The number of thiol groups is 1. The van der Waals surface area contributed by atoms with E-state index in [1.54, 1.807) is 14.2 Å². The van der Waals surface area contributed by atoms with E-state index in [0.29, 0.717) is 0 Å². The third-order valence-corrected chi connectivity index (χ3v) is 2.84. The molecule has 0 amide bonds. The summed E-state index contributed by atoms with van der Waals surface area (Å²) in [6, 6.07) is 13.7. The van der Waals surface area contributed by atoms with Gasteiger partial charge in [0.2, 0.25) is 0 Å². The second kappa shape index (κ2) is 5.15. The summed E-state index contributed by atoms with van der Waals surface area (Å²) in [6.07, 6.45) is 0. The predicted molar refractivity (Wildman–Crippen MR) is 72.2 cm³/mol. The Morgan fingerprint density at radius 3 is 2.47 bits per heavy atom. The van der Waals surface area contributed by atoms with Crippen LogP contribution in [0, 0.1) is 0 Å². The van der Waals surface area contributed by atoms with E-state index < -0.39 is 0 Å². The summed E-state index contributed by atoms with van der Waals surface area (Å²) in [5.41, 5.74) is 2.10. The van der Waals surface area contributed by atoms with Gasteiger partial charge >= 0.3 is 0 Å². The average molecular weight is 246 g/mol. The number of hydrogen-bond acceptors (Lipinski definition) is 3. The third kappa shape index (κ3) is 2.56. The average Bonchev–Trinajstić information content (AvgIpc) is 2.38. The molecule has 0 atom stereocenters. The Morgan fingerprint density at radius 1 is 0.941 bits per heavy atom. The van der Waals surface area contributed by atoms with Crippen LogP contribution < -0.4 is 9.47 Å². The number of ether oxygens (including phenoxy) is 2. The highest BCUT2D eigenvalue weighted by molar-refractivity contribution is 7.80. The summed E-state index contributed by atoms with van der Waals surface area (Å²) in [4.78, 5) is 0.883. The number of hydrogen-bond donors (Lipinski definition) is 1. The van der Waals surface area contributed by atoms with Crippen molar-refractivity contribution in [2.45, 2.75) is 4.90 Å². The van der Waals surface area contributed by atoms with Crippen molar-refractivity contribution in [3.05, 3.63) is 42.5 Å². The molecule has 0 spiro atoms. The SMILES string of the molecule is COc1cccc(-c2ccc(S)cc2OC)c1.